The number of hydrogen-bond acceptors (Lipinski definition) is 4. The molecule has 3 heterocycles. The van der Waals surface area contributed by atoms with Gasteiger partial charge in [-0.15, -0.1) is 0 Å². The molecule has 8 heteroatoms. The zero-order valence-corrected chi connectivity index (χ0v) is 15.2. The Morgan fingerprint density at radius 2 is 2.12 bits per heavy atom. The molecule has 25 heavy (non-hydrogen) atoms. The van der Waals surface area contributed by atoms with E-state index < -0.39 is 11.6 Å². The van der Waals surface area contributed by atoms with E-state index in [1.54, 1.807) is 18.7 Å². The van der Waals surface area contributed by atoms with E-state index in [2.05, 4.69) is 10.3 Å². The van der Waals surface area contributed by atoms with Crippen LogP contribution in [0.15, 0.2) is 6.20 Å². The van der Waals surface area contributed by atoms with Crippen LogP contribution < -0.4 is 5.32 Å². The van der Waals surface area contributed by atoms with Crippen molar-refractivity contribution in [2.75, 3.05) is 19.6 Å². The van der Waals surface area contributed by atoms with Gasteiger partial charge in [0.05, 0.1) is 5.69 Å². The number of urea groups is 1. The molecule has 0 aliphatic carbocycles. The first-order valence-corrected chi connectivity index (χ1v) is 8.61. The topological polar surface area (TPSA) is 87.5 Å². The second-order valence-electron chi connectivity index (χ2n) is 7.48. The number of nitrogens with one attached hydrogen (secondary N) is 1. The van der Waals surface area contributed by atoms with Gasteiger partial charge in [-0.1, -0.05) is 0 Å². The van der Waals surface area contributed by atoms with Crippen molar-refractivity contribution in [1.82, 2.24) is 24.7 Å². The highest BCUT2D eigenvalue weighted by molar-refractivity contribution is 6.08. The summed E-state index contributed by atoms with van der Waals surface area (Å²) in [7, 11) is 1.96. The van der Waals surface area contributed by atoms with Crippen molar-refractivity contribution in [3.8, 4) is 0 Å². The molecule has 0 radical (unpaired) electrons. The Hall–Kier alpha value is -2.38. The van der Waals surface area contributed by atoms with Gasteiger partial charge in [0, 0.05) is 32.3 Å². The van der Waals surface area contributed by atoms with Crippen molar-refractivity contribution in [3.63, 3.8) is 0 Å². The van der Waals surface area contributed by atoms with Gasteiger partial charge in [0.25, 0.3) is 5.91 Å². The predicted molar refractivity (Wildman–Crippen MR) is 90.8 cm³/mol. The van der Waals surface area contributed by atoms with Crippen LogP contribution in [-0.2, 0) is 16.6 Å². The number of aromatic nitrogens is 2. The van der Waals surface area contributed by atoms with Gasteiger partial charge >= 0.3 is 6.03 Å². The van der Waals surface area contributed by atoms with Crippen LogP contribution in [0.2, 0.25) is 0 Å². The molecule has 2 fully saturated rings. The zero-order valence-electron chi connectivity index (χ0n) is 15.2. The number of imide groups is 1. The van der Waals surface area contributed by atoms with E-state index in [9.17, 15) is 14.4 Å². The molecular formula is C17H25N5O3. The molecule has 0 bridgehead atoms. The molecule has 0 saturated carbocycles. The van der Waals surface area contributed by atoms with Crippen molar-refractivity contribution in [2.24, 2.45) is 7.05 Å². The van der Waals surface area contributed by atoms with E-state index in [4.69, 9.17) is 0 Å². The maximum Gasteiger partial charge on any atom is 0.325 e. The van der Waals surface area contributed by atoms with Gasteiger partial charge in [-0.05, 0) is 33.6 Å². The number of piperidine rings is 1. The molecule has 2 aliphatic heterocycles. The summed E-state index contributed by atoms with van der Waals surface area (Å²) in [5, 5.41) is 2.60. The second-order valence-corrected chi connectivity index (χ2v) is 7.48. The minimum absolute atomic E-state index is 0.177. The van der Waals surface area contributed by atoms with Crippen molar-refractivity contribution < 1.29 is 14.4 Å². The summed E-state index contributed by atoms with van der Waals surface area (Å²) in [4.78, 5) is 44.2. The zero-order chi connectivity index (χ0) is 18.4. The Labute approximate surface area is 147 Å². The lowest BCUT2D eigenvalue weighted by Crippen LogP contribution is -2.47. The van der Waals surface area contributed by atoms with E-state index >= 15 is 0 Å². The summed E-state index contributed by atoms with van der Waals surface area (Å²) >= 11 is 0. The standard InChI is InChI=1S/C17H25N5O3/c1-11-8-20(4)14(18-11)12-6-5-7-21(9-12)13(23)10-22-15(24)17(2,3)19-16(22)25/h8,12H,5-7,9-10H2,1-4H3,(H,19,25)/t12-/m1/s1. The van der Waals surface area contributed by atoms with Crippen molar-refractivity contribution in [1.29, 1.82) is 0 Å². The Morgan fingerprint density at radius 1 is 1.40 bits per heavy atom. The van der Waals surface area contributed by atoms with Gasteiger partial charge in [0.2, 0.25) is 5.91 Å². The Kier molecular flexibility index (Phi) is 4.30. The molecule has 0 unspecified atom stereocenters. The van der Waals surface area contributed by atoms with Crippen LogP contribution in [0.4, 0.5) is 4.79 Å². The van der Waals surface area contributed by atoms with Gasteiger partial charge in [0.1, 0.15) is 17.9 Å². The number of carbonyl (C=O) groups excluding carboxylic acids is 3. The van der Waals surface area contributed by atoms with Gasteiger partial charge in [-0.2, -0.15) is 0 Å². The molecule has 2 aliphatic rings. The maximum atomic E-state index is 12.6. The molecule has 1 N–H and O–H groups in total. The number of carbonyl (C=O) groups is 3. The summed E-state index contributed by atoms with van der Waals surface area (Å²) in [5.41, 5.74) is 0.00856. The first-order valence-electron chi connectivity index (χ1n) is 8.61. The Morgan fingerprint density at radius 3 is 2.68 bits per heavy atom. The fraction of sp³-hybridized carbons (Fsp3) is 0.647. The smallest absolute Gasteiger partial charge is 0.325 e. The fourth-order valence-corrected chi connectivity index (χ4v) is 3.63. The molecular weight excluding hydrogens is 322 g/mol. The highest BCUT2D eigenvalue weighted by Crippen LogP contribution is 2.26. The van der Waals surface area contributed by atoms with Crippen LogP contribution in [0, 0.1) is 6.92 Å². The van der Waals surface area contributed by atoms with Crippen molar-refractivity contribution in [2.45, 2.75) is 45.1 Å². The number of nitrogens with zero attached hydrogens (tertiary/aromatic N) is 4. The van der Waals surface area contributed by atoms with Gasteiger partial charge in [-0.3, -0.25) is 14.5 Å². The lowest BCUT2D eigenvalue weighted by atomic mass is 9.97. The monoisotopic (exact) mass is 347 g/mol. The third-order valence-electron chi connectivity index (χ3n) is 4.91. The average molecular weight is 347 g/mol. The van der Waals surface area contributed by atoms with Gasteiger partial charge in [0.15, 0.2) is 0 Å². The second kappa shape index (κ2) is 6.16. The highest BCUT2D eigenvalue weighted by atomic mass is 16.2. The first-order chi connectivity index (χ1) is 11.7. The van der Waals surface area contributed by atoms with Crippen molar-refractivity contribution >= 4 is 17.8 Å². The molecule has 4 amide bonds. The SMILES string of the molecule is Cc1cn(C)c([C@@H]2CCCN(C(=O)CN3C(=O)NC(C)(C)C3=O)C2)n1. The third kappa shape index (κ3) is 3.25. The number of likely N-dealkylation sites (tertiary alicyclic amines) is 1. The van der Waals surface area contributed by atoms with Gasteiger partial charge < -0.3 is 14.8 Å². The largest absolute Gasteiger partial charge is 0.340 e. The van der Waals surface area contributed by atoms with Gasteiger partial charge in [-0.25, -0.2) is 9.78 Å². The quantitative estimate of drug-likeness (QED) is 0.818. The molecule has 1 aromatic heterocycles. The number of hydrogen-bond donors (Lipinski definition) is 1. The first kappa shape index (κ1) is 17.4. The van der Waals surface area contributed by atoms with E-state index in [1.165, 1.54) is 0 Å². The lowest BCUT2D eigenvalue weighted by molar-refractivity contribution is -0.139. The average Bonchev–Trinajstić information content (AvgIpc) is 2.98. The van der Waals surface area contributed by atoms with Crippen LogP contribution in [0.3, 0.4) is 0 Å². The van der Waals surface area contributed by atoms with Crippen LogP contribution in [0.5, 0.6) is 0 Å². The summed E-state index contributed by atoms with van der Waals surface area (Å²) in [6.45, 7) is 6.23. The summed E-state index contributed by atoms with van der Waals surface area (Å²) in [6.07, 6.45) is 3.84. The van der Waals surface area contributed by atoms with Crippen molar-refractivity contribution in [3.05, 3.63) is 17.7 Å². The summed E-state index contributed by atoms with van der Waals surface area (Å²) in [5.74, 6) is 0.595. The predicted octanol–water partition coefficient (Wildman–Crippen LogP) is 0.765. The normalized spacial score (nSPS) is 23.1. The van der Waals surface area contributed by atoms with Crippen LogP contribution in [0.25, 0.3) is 0 Å². The van der Waals surface area contributed by atoms with Crippen LogP contribution in [-0.4, -0.2) is 62.4 Å². The molecule has 0 spiro atoms. The number of imidazole rings is 1. The third-order valence-corrected chi connectivity index (χ3v) is 4.91. The minimum atomic E-state index is -0.952. The highest BCUT2D eigenvalue weighted by Gasteiger charge is 2.45. The molecule has 1 aromatic rings. The molecule has 8 nitrogen and oxygen atoms in total. The van der Waals surface area contributed by atoms with E-state index in [0.29, 0.717) is 13.1 Å². The van der Waals surface area contributed by atoms with Crippen LogP contribution in [0.1, 0.15) is 44.1 Å². The van der Waals surface area contributed by atoms with Crippen LogP contribution >= 0.6 is 0 Å². The molecule has 1 atom stereocenters. The summed E-state index contributed by atoms with van der Waals surface area (Å²) < 4.78 is 2.01. The number of rotatable bonds is 3. The Bertz CT molecular complexity index is 724. The lowest BCUT2D eigenvalue weighted by Gasteiger charge is -2.33. The molecule has 0 aromatic carbocycles. The number of amides is 4. The molecule has 3 rings (SSSR count). The van der Waals surface area contributed by atoms with E-state index in [0.717, 1.165) is 29.3 Å². The number of aryl methyl sites for hydroxylation is 2. The maximum absolute atomic E-state index is 12.6. The Balaban J connectivity index is 1.67. The molecule has 136 valence electrons. The van der Waals surface area contributed by atoms with E-state index in [1.807, 2.05) is 24.7 Å². The molecule has 2 saturated heterocycles. The summed E-state index contributed by atoms with van der Waals surface area (Å²) in [6, 6.07) is -0.503. The fourth-order valence-electron chi connectivity index (χ4n) is 3.63. The minimum Gasteiger partial charge on any atom is -0.340 e. The van der Waals surface area contributed by atoms with E-state index in [-0.39, 0.29) is 24.3 Å².